The number of thiazole rings is 1. The fourth-order valence-corrected chi connectivity index (χ4v) is 5.54. The number of amides is 1. The Morgan fingerprint density at radius 2 is 1.74 bits per heavy atom. The summed E-state index contributed by atoms with van der Waals surface area (Å²) in [5.41, 5.74) is 3.38. The molecule has 2 N–H and O–H groups in total. The number of halogens is 1. The molecule has 34 heavy (non-hydrogen) atoms. The summed E-state index contributed by atoms with van der Waals surface area (Å²) in [6.07, 6.45) is 1.58. The second kappa shape index (κ2) is 8.98. The molecule has 0 atom stereocenters. The summed E-state index contributed by atoms with van der Waals surface area (Å²) in [6.45, 7) is 7.63. The Morgan fingerprint density at radius 1 is 1.03 bits per heavy atom. The first-order chi connectivity index (χ1) is 15.9. The van der Waals surface area contributed by atoms with E-state index in [2.05, 4.69) is 40.8 Å². The standard InChI is InChI=1S/C24H23ClN4O3S2/c1-14(30)27-23-28-19-10-5-15(12-21(19)33-23)16-11-20(22(25)26-13-16)29-34(31,32)18-8-6-17(7-9-18)24(2,3)4/h5-13,29H,1-4H3,(H,27,28,30). The number of hydrogen-bond acceptors (Lipinski definition) is 6. The quantitative estimate of drug-likeness (QED) is 0.315. The second-order valence-corrected chi connectivity index (χ2v) is 11.9. The minimum Gasteiger partial charge on any atom is -0.302 e. The lowest BCUT2D eigenvalue weighted by Gasteiger charge is -2.19. The molecule has 0 saturated carbocycles. The van der Waals surface area contributed by atoms with E-state index < -0.39 is 10.0 Å². The van der Waals surface area contributed by atoms with Crippen molar-refractivity contribution in [1.29, 1.82) is 0 Å². The highest BCUT2D eigenvalue weighted by Crippen LogP contribution is 2.33. The number of anilines is 2. The minimum atomic E-state index is -3.86. The molecule has 2 aromatic carbocycles. The summed E-state index contributed by atoms with van der Waals surface area (Å²) >= 11 is 7.57. The van der Waals surface area contributed by atoms with Crippen LogP contribution in [0, 0.1) is 0 Å². The van der Waals surface area contributed by atoms with Gasteiger partial charge in [-0.3, -0.25) is 9.52 Å². The fourth-order valence-electron chi connectivity index (χ4n) is 3.32. The molecule has 1 amide bonds. The van der Waals surface area contributed by atoms with Gasteiger partial charge in [0.05, 0.1) is 20.8 Å². The molecule has 0 bridgehead atoms. The number of rotatable bonds is 5. The zero-order chi connectivity index (χ0) is 24.7. The van der Waals surface area contributed by atoms with Crippen molar-refractivity contribution < 1.29 is 13.2 Å². The number of aromatic nitrogens is 2. The van der Waals surface area contributed by atoms with Crippen molar-refractivity contribution >= 4 is 59.9 Å². The molecule has 0 aliphatic rings. The van der Waals surface area contributed by atoms with Gasteiger partial charge in [0.1, 0.15) is 0 Å². The third-order valence-corrected chi connectivity index (χ3v) is 7.73. The van der Waals surface area contributed by atoms with E-state index in [0.29, 0.717) is 10.7 Å². The zero-order valence-electron chi connectivity index (χ0n) is 19.0. The van der Waals surface area contributed by atoms with Gasteiger partial charge < -0.3 is 5.32 Å². The van der Waals surface area contributed by atoms with Crippen LogP contribution in [0.2, 0.25) is 5.15 Å². The Labute approximate surface area is 207 Å². The zero-order valence-corrected chi connectivity index (χ0v) is 21.4. The lowest BCUT2D eigenvalue weighted by atomic mass is 9.87. The van der Waals surface area contributed by atoms with E-state index >= 15 is 0 Å². The third kappa shape index (κ3) is 5.22. The Bertz CT molecular complexity index is 1490. The number of fused-ring (bicyclic) bond motifs is 1. The van der Waals surface area contributed by atoms with Crippen LogP contribution in [-0.2, 0) is 20.2 Å². The molecule has 0 spiro atoms. The van der Waals surface area contributed by atoms with Gasteiger partial charge >= 0.3 is 0 Å². The van der Waals surface area contributed by atoms with E-state index in [4.69, 9.17) is 11.6 Å². The molecule has 0 aliphatic heterocycles. The van der Waals surface area contributed by atoms with Crippen LogP contribution < -0.4 is 10.0 Å². The topological polar surface area (TPSA) is 101 Å². The van der Waals surface area contributed by atoms with Crippen LogP contribution in [0.4, 0.5) is 10.8 Å². The Hall–Kier alpha value is -3.01. The summed E-state index contributed by atoms with van der Waals surface area (Å²) in [5.74, 6) is -0.189. The molecule has 0 fully saturated rings. The van der Waals surface area contributed by atoms with E-state index in [0.717, 1.165) is 21.3 Å². The van der Waals surface area contributed by atoms with E-state index in [1.54, 1.807) is 24.4 Å². The molecule has 2 heterocycles. The molecular formula is C24H23ClN4O3S2. The average Bonchev–Trinajstić information content (AvgIpc) is 3.15. The van der Waals surface area contributed by atoms with E-state index in [9.17, 15) is 13.2 Å². The highest BCUT2D eigenvalue weighted by molar-refractivity contribution is 7.92. The number of carbonyl (C=O) groups excluding carboxylic acids is 1. The number of pyridine rings is 1. The van der Waals surface area contributed by atoms with Gasteiger partial charge in [-0.1, -0.05) is 61.9 Å². The molecule has 4 aromatic rings. The number of sulfonamides is 1. The van der Waals surface area contributed by atoms with Gasteiger partial charge in [-0.15, -0.1) is 0 Å². The molecular weight excluding hydrogens is 492 g/mol. The monoisotopic (exact) mass is 514 g/mol. The Kier molecular flexibility index (Phi) is 6.37. The summed E-state index contributed by atoms with van der Waals surface area (Å²) in [5, 5.41) is 3.25. The van der Waals surface area contributed by atoms with Crippen LogP contribution in [0.1, 0.15) is 33.3 Å². The van der Waals surface area contributed by atoms with Crippen molar-refractivity contribution in [3.63, 3.8) is 0 Å². The molecule has 2 aromatic heterocycles. The van der Waals surface area contributed by atoms with Crippen LogP contribution in [0.15, 0.2) is 59.6 Å². The molecule has 0 unspecified atom stereocenters. The van der Waals surface area contributed by atoms with Gasteiger partial charge in [-0.2, -0.15) is 0 Å². The van der Waals surface area contributed by atoms with Crippen LogP contribution >= 0.6 is 22.9 Å². The summed E-state index contributed by atoms with van der Waals surface area (Å²) < 4.78 is 29.4. The van der Waals surface area contributed by atoms with Crippen LogP contribution in [0.3, 0.4) is 0 Å². The molecule has 0 saturated heterocycles. The first-order valence-corrected chi connectivity index (χ1v) is 13.1. The number of hydrogen-bond donors (Lipinski definition) is 2. The van der Waals surface area contributed by atoms with Crippen LogP contribution in [-0.4, -0.2) is 24.3 Å². The molecule has 10 heteroatoms. The SMILES string of the molecule is CC(=O)Nc1nc2ccc(-c3cnc(Cl)c(NS(=O)(=O)c4ccc(C(C)(C)C)cc4)c3)cc2s1. The summed E-state index contributed by atoms with van der Waals surface area (Å²) in [6, 6.07) is 14.0. The van der Waals surface area contributed by atoms with Crippen LogP contribution in [0.5, 0.6) is 0 Å². The van der Waals surface area contributed by atoms with Crippen LogP contribution in [0.25, 0.3) is 21.3 Å². The smallest absolute Gasteiger partial charge is 0.261 e. The molecule has 176 valence electrons. The van der Waals surface area contributed by atoms with Gasteiger partial charge in [0, 0.05) is 18.7 Å². The average molecular weight is 515 g/mol. The van der Waals surface area contributed by atoms with Crippen molar-refractivity contribution in [3.8, 4) is 11.1 Å². The van der Waals surface area contributed by atoms with E-state index in [1.165, 1.54) is 18.3 Å². The van der Waals surface area contributed by atoms with Crippen molar-refractivity contribution in [2.45, 2.75) is 38.0 Å². The van der Waals surface area contributed by atoms with Crippen molar-refractivity contribution in [2.24, 2.45) is 0 Å². The van der Waals surface area contributed by atoms with Gasteiger partial charge in [-0.05, 0) is 46.9 Å². The maximum Gasteiger partial charge on any atom is 0.261 e. The van der Waals surface area contributed by atoms with Crippen molar-refractivity contribution in [1.82, 2.24) is 9.97 Å². The number of benzene rings is 2. The molecule has 7 nitrogen and oxygen atoms in total. The largest absolute Gasteiger partial charge is 0.302 e. The maximum absolute atomic E-state index is 13.0. The predicted octanol–water partition coefficient (Wildman–Crippen LogP) is 6.07. The summed E-state index contributed by atoms with van der Waals surface area (Å²) in [4.78, 5) is 20.0. The number of carbonyl (C=O) groups is 1. The number of nitrogens with one attached hydrogen (secondary N) is 2. The van der Waals surface area contributed by atoms with Gasteiger partial charge in [0.2, 0.25) is 5.91 Å². The van der Waals surface area contributed by atoms with E-state index in [-0.39, 0.29) is 27.1 Å². The summed E-state index contributed by atoms with van der Waals surface area (Å²) in [7, 11) is -3.86. The van der Waals surface area contributed by atoms with Gasteiger partial charge in [0.15, 0.2) is 10.3 Å². The highest BCUT2D eigenvalue weighted by Gasteiger charge is 2.19. The second-order valence-electron chi connectivity index (χ2n) is 8.82. The van der Waals surface area contributed by atoms with Crippen molar-refractivity contribution in [3.05, 3.63) is 65.4 Å². The fraction of sp³-hybridized carbons (Fsp3) is 0.208. The molecule has 4 rings (SSSR count). The lowest BCUT2D eigenvalue weighted by Crippen LogP contribution is -2.15. The lowest BCUT2D eigenvalue weighted by molar-refractivity contribution is -0.114. The first kappa shape index (κ1) is 24.1. The highest BCUT2D eigenvalue weighted by atomic mass is 35.5. The molecule has 0 radical (unpaired) electrons. The Morgan fingerprint density at radius 3 is 2.38 bits per heavy atom. The van der Waals surface area contributed by atoms with Crippen molar-refractivity contribution in [2.75, 3.05) is 10.0 Å². The maximum atomic E-state index is 13.0. The van der Waals surface area contributed by atoms with E-state index in [1.807, 2.05) is 30.3 Å². The first-order valence-electron chi connectivity index (χ1n) is 10.4. The minimum absolute atomic E-state index is 0.0467. The third-order valence-electron chi connectivity index (χ3n) is 5.12. The normalized spacial score (nSPS) is 12.0. The Balaban J connectivity index is 1.64. The number of nitrogens with zero attached hydrogens (tertiary/aromatic N) is 2. The molecule has 0 aliphatic carbocycles. The predicted molar refractivity (Wildman–Crippen MR) is 138 cm³/mol. The van der Waals surface area contributed by atoms with Gasteiger partial charge in [-0.25, -0.2) is 18.4 Å². The van der Waals surface area contributed by atoms with Gasteiger partial charge in [0.25, 0.3) is 10.0 Å².